The van der Waals surface area contributed by atoms with Crippen LogP contribution >= 0.6 is 11.6 Å². The molecule has 0 unspecified atom stereocenters. The van der Waals surface area contributed by atoms with Crippen LogP contribution < -0.4 is 5.32 Å². The summed E-state index contributed by atoms with van der Waals surface area (Å²) in [5.74, 6) is 0.194. The van der Waals surface area contributed by atoms with Gasteiger partial charge in [-0.2, -0.15) is 0 Å². The molecular weight excluding hydrogens is 324 g/mol. The number of aromatic nitrogens is 1. The molecule has 0 atom stereocenters. The smallest absolute Gasteiger partial charge is 0.261 e. The van der Waals surface area contributed by atoms with Gasteiger partial charge in [0.25, 0.3) is 5.91 Å². The Hall–Kier alpha value is -2.59. The third-order valence-electron chi connectivity index (χ3n) is 3.85. The maximum atomic E-state index is 12.8. The van der Waals surface area contributed by atoms with Gasteiger partial charge in [0, 0.05) is 16.3 Å². The van der Waals surface area contributed by atoms with Crippen LogP contribution in [0.1, 0.15) is 27.2 Å². The Kier molecular flexibility index (Phi) is 4.40. The number of anilines is 1. The van der Waals surface area contributed by atoms with Gasteiger partial charge in [-0.1, -0.05) is 52.7 Å². The van der Waals surface area contributed by atoms with Crippen LogP contribution in [-0.4, -0.2) is 11.1 Å². The molecule has 4 nitrogen and oxygen atoms in total. The summed E-state index contributed by atoms with van der Waals surface area (Å²) in [6, 6.07) is 13.1. The molecule has 5 heteroatoms. The van der Waals surface area contributed by atoms with Crippen LogP contribution in [0.2, 0.25) is 5.02 Å². The lowest BCUT2D eigenvalue weighted by molar-refractivity contribution is 0.102. The molecule has 0 saturated heterocycles. The number of amides is 1. The molecule has 24 heavy (non-hydrogen) atoms. The molecule has 0 spiro atoms. The van der Waals surface area contributed by atoms with Crippen molar-refractivity contribution in [3.63, 3.8) is 0 Å². The number of hydrogen-bond donors (Lipinski definition) is 1. The zero-order chi connectivity index (χ0) is 17.3. The number of aryl methyl sites for hydroxylation is 3. The van der Waals surface area contributed by atoms with Gasteiger partial charge in [0.1, 0.15) is 5.56 Å². The largest absolute Gasteiger partial charge is 0.355 e. The Morgan fingerprint density at radius 3 is 2.50 bits per heavy atom. The Bertz CT molecular complexity index is 898. The normalized spacial score (nSPS) is 10.7. The molecule has 0 aliphatic carbocycles. The van der Waals surface area contributed by atoms with E-state index in [2.05, 4.69) is 10.5 Å². The topological polar surface area (TPSA) is 55.1 Å². The first kappa shape index (κ1) is 16.3. The van der Waals surface area contributed by atoms with Gasteiger partial charge in [-0.25, -0.2) is 0 Å². The highest BCUT2D eigenvalue weighted by Gasteiger charge is 2.22. The van der Waals surface area contributed by atoms with Crippen molar-refractivity contribution in [2.45, 2.75) is 20.8 Å². The third kappa shape index (κ3) is 3.19. The SMILES string of the molecule is Cc1ccc(-c2onc(C)c2C(=O)Nc2cc(Cl)ccc2C)cc1. The number of carbonyl (C=O) groups excluding carboxylic acids is 1. The van der Waals surface area contributed by atoms with E-state index in [1.807, 2.05) is 44.2 Å². The maximum Gasteiger partial charge on any atom is 0.261 e. The van der Waals surface area contributed by atoms with Gasteiger partial charge in [-0.15, -0.1) is 0 Å². The molecule has 0 aliphatic rings. The summed E-state index contributed by atoms with van der Waals surface area (Å²) in [6.45, 7) is 5.67. The minimum absolute atomic E-state index is 0.269. The van der Waals surface area contributed by atoms with Gasteiger partial charge in [-0.05, 0) is 38.5 Å². The summed E-state index contributed by atoms with van der Waals surface area (Å²) in [5, 5.41) is 7.41. The van der Waals surface area contributed by atoms with Crippen molar-refractivity contribution in [3.05, 3.63) is 69.9 Å². The van der Waals surface area contributed by atoms with Crippen molar-refractivity contribution in [3.8, 4) is 11.3 Å². The Morgan fingerprint density at radius 2 is 1.79 bits per heavy atom. The third-order valence-corrected chi connectivity index (χ3v) is 4.09. The molecule has 2 aromatic carbocycles. The molecule has 0 saturated carbocycles. The number of halogens is 1. The minimum atomic E-state index is -0.269. The molecule has 1 amide bonds. The summed E-state index contributed by atoms with van der Waals surface area (Å²) in [7, 11) is 0. The first-order valence-electron chi connectivity index (χ1n) is 7.56. The van der Waals surface area contributed by atoms with E-state index in [4.69, 9.17) is 16.1 Å². The summed E-state index contributed by atoms with van der Waals surface area (Å²) in [5.41, 5.74) is 4.52. The highest BCUT2D eigenvalue weighted by molar-refractivity contribution is 6.31. The summed E-state index contributed by atoms with van der Waals surface area (Å²) < 4.78 is 5.40. The highest BCUT2D eigenvalue weighted by atomic mass is 35.5. The van der Waals surface area contributed by atoms with E-state index in [1.54, 1.807) is 19.1 Å². The van der Waals surface area contributed by atoms with Crippen LogP contribution in [-0.2, 0) is 0 Å². The first-order valence-corrected chi connectivity index (χ1v) is 7.94. The van der Waals surface area contributed by atoms with Crippen LogP contribution in [0.15, 0.2) is 47.0 Å². The number of hydrogen-bond acceptors (Lipinski definition) is 3. The molecule has 1 heterocycles. The van der Waals surface area contributed by atoms with Crippen molar-refractivity contribution in [2.24, 2.45) is 0 Å². The number of nitrogens with zero attached hydrogens (tertiary/aromatic N) is 1. The number of nitrogens with one attached hydrogen (secondary N) is 1. The van der Waals surface area contributed by atoms with Crippen molar-refractivity contribution >= 4 is 23.2 Å². The molecule has 1 aromatic heterocycles. The monoisotopic (exact) mass is 340 g/mol. The predicted molar refractivity (Wildman–Crippen MR) is 95.6 cm³/mol. The molecule has 0 fully saturated rings. The zero-order valence-electron chi connectivity index (χ0n) is 13.7. The van der Waals surface area contributed by atoms with E-state index >= 15 is 0 Å². The standard InChI is InChI=1S/C19H17ClN2O2/c1-11-4-7-14(8-5-11)18-17(13(3)22-24-18)19(23)21-16-10-15(20)9-6-12(16)2/h4-10H,1-3H3,(H,21,23). The molecule has 122 valence electrons. The van der Waals surface area contributed by atoms with Gasteiger partial charge in [-0.3, -0.25) is 4.79 Å². The Balaban J connectivity index is 1.97. The second kappa shape index (κ2) is 6.49. The van der Waals surface area contributed by atoms with Gasteiger partial charge in [0.15, 0.2) is 5.76 Å². The van der Waals surface area contributed by atoms with Gasteiger partial charge in [0.2, 0.25) is 0 Å². The fraction of sp³-hybridized carbons (Fsp3) is 0.158. The lowest BCUT2D eigenvalue weighted by Gasteiger charge is -2.09. The Labute approximate surface area is 145 Å². The van der Waals surface area contributed by atoms with Crippen molar-refractivity contribution < 1.29 is 9.32 Å². The van der Waals surface area contributed by atoms with Crippen LogP contribution in [0.3, 0.4) is 0 Å². The van der Waals surface area contributed by atoms with Crippen molar-refractivity contribution in [1.29, 1.82) is 0 Å². The van der Waals surface area contributed by atoms with Crippen LogP contribution in [0.25, 0.3) is 11.3 Å². The van der Waals surface area contributed by atoms with E-state index in [9.17, 15) is 4.79 Å². The van der Waals surface area contributed by atoms with Crippen molar-refractivity contribution in [2.75, 3.05) is 5.32 Å². The number of carbonyl (C=O) groups is 1. The molecule has 0 bridgehead atoms. The van der Waals surface area contributed by atoms with Gasteiger partial charge in [0.05, 0.1) is 5.69 Å². The predicted octanol–water partition coefficient (Wildman–Crippen LogP) is 5.17. The lowest BCUT2D eigenvalue weighted by Crippen LogP contribution is -2.14. The molecule has 0 aliphatic heterocycles. The van der Waals surface area contributed by atoms with Gasteiger partial charge < -0.3 is 9.84 Å². The van der Waals surface area contributed by atoms with Crippen LogP contribution in [0, 0.1) is 20.8 Å². The van der Waals surface area contributed by atoms with Crippen LogP contribution in [0.5, 0.6) is 0 Å². The van der Waals surface area contributed by atoms with E-state index in [0.29, 0.717) is 27.7 Å². The van der Waals surface area contributed by atoms with E-state index in [-0.39, 0.29) is 5.91 Å². The number of rotatable bonds is 3. The Morgan fingerprint density at radius 1 is 1.08 bits per heavy atom. The second-order valence-corrected chi connectivity index (χ2v) is 6.19. The van der Waals surface area contributed by atoms with E-state index in [1.165, 1.54) is 0 Å². The lowest BCUT2D eigenvalue weighted by atomic mass is 10.0. The molecule has 3 rings (SSSR count). The summed E-state index contributed by atoms with van der Waals surface area (Å²) >= 11 is 6.02. The van der Waals surface area contributed by atoms with E-state index in [0.717, 1.165) is 16.7 Å². The summed E-state index contributed by atoms with van der Waals surface area (Å²) in [4.78, 5) is 12.8. The highest BCUT2D eigenvalue weighted by Crippen LogP contribution is 2.28. The second-order valence-electron chi connectivity index (χ2n) is 5.75. The average Bonchev–Trinajstić information content (AvgIpc) is 2.93. The fourth-order valence-electron chi connectivity index (χ4n) is 2.45. The fourth-order valence-corrected chi connectivity index (χ4v) is 2.62. The van der Waals surface area contributed by atoms with Crippen molar-refractivity contribution in [1.82, 2.24) is 5.16 Å². The molecule has 0 radical (unpaired) electrons. The first-order chi connectivity index (χ1) is 11.5. The summed E-state index contributed by atoms with van der Waals surface area (Å²) in [6.07, 6.45) is 0. The van der Waals surface area contributed by atoms with Gasteiger partial charge >= 0.3 is 0 Å². The van der Waals surface area contributed by atoms with E-state index < -0.39 is 0 Å². The zero-order valence-corrected chi connectivity index (χ0v) is 14.4. The average molecular weight is 341 g/mol. The molecule has 3 aromatic rings. The molecular formula is C19H17ClN2O2. The quantitative estimate of drug-likeness (QED) is 0.715. The van der Waals surface area contributed by atoms with Crippen LogP contribution in [0.4, 0.5) is 5.69 Å². The number of benzene rings is 2. The molecule has 1 N–H and O–H groups in total. The maximum absolute atomic E-state index is 12.8. The minimum Gasteiger partial charge on any atom is -0.355 e.